The molecule has 6 aliphatic rings. The molecule has 0 saturated carbocycles. The number of aliphatic hydroxyl groups is 2. The second-order valence-corrected chi connectivity index (χ2v) is 19.3. The number of aliphatic hydroxyl groups excluding tert-OH is 1. The van der Waals surface area contributed by atoms with Crippen LogP contribution < -0.4 is 22.1 Å². The lowest BCUT2D eigenvalue weighted by molar-refractivity contribution is -0.325. The lowest BCUT2D eigenvalue weighted by Crippen LogP contribution is -2.81. The first-order valence-electron chi connectivity index (χ1n) is 24.9. The number of carbonyl (C=O) groups is 2. The molecule has 8 N–H and O–H groups in total. The first kappa shape index (κ1) is 48.7. The molecule has 2 spiro atoms. The number of nitrogens with two attached hydrogens (primary N) is 2. The van der Waals surface area contributed by atoms with E-state index in [9.17, 15) is 19.8 Å². The maximum Gasteiger partial charge on any atom is 0.315 e. The summed E-state index contributed by atoms with van der Waals surface area (Å²) in [7, 11) is 0. The summed E-state index contributed by atoms with van der Waals surface area (Å²) >= 11 is 0. The summed E-state index contributed by atoms with van der Waals surface area (Å²) in [4.78, 5) is 31.3. The predicted octanol–water partition coefficient (Wildman–Crippen LogP) is 5.77. The van der Waals surface area contributed by atoms with Crippen molar-refractivity contribution >= 4 is 11.9 Å². The highest BCUT2D eigenvalue weighted by molar-refractivity contribution is 5.82. The van der Waals surface area contributed by atoms with E-state index < -0.39 is 23.8 Å². The molecule has 1 amide bonds. The summed E-state index contributed by atoms with van der Waals surface area (Å²) in [6.45, 7) is 7.26. The fraction of sp³-hybridized carbons (Fsp3) is 0.915. The number of nitrogens with one attached hydrogen (secondary N) is 2. The van der Waals surface area contributed by atoms with E-state index in [1.165, 1.54) is 37.0 Å². The molecule has 1 unspecified atom stereocenters. The van der Waals surface area contributed by atoms with Gasteiger partial charge in [0.25, 0.3) is 5.91 Å². The molecule has 14 heteroatoms. The Hall–Kier alpha value is -1.72. The zero-order valence-electron chi connectivity index (χ0n) is 38.0. The number of carbonyl (C=O) groups excluding carboxylic acids is 2. The largest absolute Gasteiger partial charge is 0.462 e. The Kier molecular flexibility index (Phi) is 18.3. The average molecular weight is 861 g/mol. The van der Waals surface area contributed by atoms with Crippen LogP contribution in [0.2, 0.25) is 0 Å². The monoisotopic (exact) mass is 861 g/mol. The summed E-state index contributed by atoms with van der Waals surface area (Å²) in [6, 6.07) is 0.435. The van der Waals surface area contributed by atoms with Crippen LogP contribution in [0.1, 0.15) is 181 Å². The topological polar surface area (TPSA) is 194 Å². The van der Waals surface area contributed by atoms with Crippen LogP contribution in [-0.4, -0.2) is 118 Å². The number of nitrogens with zero attached hydrogens (tertiary/aromatic N) is 2. The van der Waals surface area contributed by atoms with Gasteiger partial charge in [-0.15, -0.1) is 0 Å². The first-order chi connectivity index (χ1) is 29.5. The average Bonchev–Trinajstić information content (AvgIpc) is 3.83. The van der Waals surface area contributed by atoms with Gasteiger partial charge >= 0.3 is 5.97 Å². The molecule has 6 heterocycles. The van der Waals surface area contributed by atoms with Crippen molar-refractivity contribution in [2.75, 3.05) is 19.6 Å². The summed E-state index contributed by atoms with van der Waals surface area (Å²) in [6.07, 6.45) is 26.3. The zero-order valence-corrected chi connectivity index (χ0v) is 38.0. The molecule has 61 heavy (non-hydrogen) atoms. The van der Waals surface area contributed by atoms with Crippen molar-refractivity contribution in [3.8, 4) is 0 Å². The highest BCUT2D eigenvalue weighted by Crippen LogP contribution is 2.50. The molecule has 0 radical (unpaired) electrons. The SMILES string of the molecule is CC/C=C/[C@@H]1CC[C@]2(C[C@H]3CC[C@H]4[C@@H](C(=O)O[C@H](CC)CCCCCCCCCCCCC[C@@H]5O[C@](O)(CCN)[C@H](O)N(CCCN)C5=O)[C@@]5(CCC[C@H](C)O5)NC(N2)N34)O1. The second kappa shape index (κ2) is 22.9. The number of allylic oxidation sites excluding steroid dienone is 1. The maximum atomic E-state index is 14.4. The molecule has 0 aromatic rings. The van der Waals surface area contributed by atoms with E-state index >= 15 is 0 Å². The van der Waals surface area contributed by atoms with E-state index in [-0.39, 0.29) is 73.7 Å². The number of hydrogen-bond donors (Lipinski definition) is 6. The molecule has 14 nitrogen and oxygen atoms in total. The number of ether oxygens (including phenoxy) is 4. The fourth-order valence-electron chi connectivity index (χ4n) is 11.5. The van der Waals surface area contributed by atoms with Gasteiger partial charge in [0, 0.05) is 31.5 Å². The third-order valence-electron chi connectivity index (χ3n) is 14.7. The second-order valence-electron chi connectivity index (χ2n) is 19.3. The van der Waals surface area contributed by atoms with Crippen LogP contribution in [0.5, 0.6) is 0 Å². The van der Waals surface area contributed by atoms with Crippen molar-refractivity contribution in [3.05, 3.63) is 12.2 Å². The Balaban J connectivity index is 0.874. The Morgan fingerprint density at radius 1 is 0.918 bits per heavy atom. The van der Waals surface area contributed by atoms with Crippen LogP contribution in [0.15, 0.2) is 12.2 Å². The van der Waals surface area contributed by atoms with Crippen LogP contribution >= 0.6 is 0 Å². The molecule has 350 valence electrons. The van der Waals surface area contributed by atoms with E-state index in [1.54, 1.807) is 0 Å². The van der Waals surface area contributed by atoms with Gasteiger partial charge in [-0.2, -0.15) is 0 Å². The van der Waals surface area contributed by atoms with E-state index in [0.717, 1.165) is 109 Å². The maximum absolute atomic E-state index is 14.4. The summed E-state index contributed by atoms with van der Waals surface area (Å²) < 4.78 is 25.8. The summed E-state index contributed by atoms with van der Waals surface area (Å²) in [5.74, 6) is -2.59. The molecule has 0 aromatic heterocycles. The Labute approximate surface area is 366 Å². The third kappa shape index (κ3) is 12.0. The number of rotatable bonds is 24. The standard InChI is InChI=1S/C47H84N6O8/c1-4-6-21-37-26-28-45(60-37)33-35-24-25-38-40(46(27-18-20-34(3)59-46)51-44(50-45)53(35)38)42(55)58-36(5-2)22-16-14-12-10-8-7-9-11-13-15-17-23-39-41(54)52(32-19-30-48)43(56)47(57,61-39)29-31-49/h6,21,34-40,43-44,50-51,56-57H,4-5,7-20,22-33,48-49H2,1-3H3/b21-6+/t34-,35+,36+,37+,38-,39-,40-,43-,44?,45+,46-,47+/m0/s1. The Morgan fingerprint density at radius 3 is 2.31 bits per heavy atom. The molecule has 6 rings (SSSR count). The lowest BCUT2D eigenvalue weighted by atomic mass is 9.79. The number of amides is 1. The van der Waals surface area contributed by atoms with Crippen molar-refractivity contribution < 1.29 is 38.7 Å². The molecule has 0 aliphatic carbocycles. The Morgan fingerprint density at radius 2 is 1.64 bits per heavy atom. The van der Waals surface area contributed by atoms with Gasteiger partial charge in [-0.1, -0.05) is 90.2 Å². The normalized spacial score (nSPS) is 37.0. The fourth-order valence-corrected chi connectivity index (χ4v) is 11.5. The van der Waals surface area contributed by atoms with Crippen LogP contribution in [0.3, 0.4) is 0 Å². The van der Waals surface area contributed by atoms with Gasteiger partial charge in [0.05, 0.1) is 12.2 Å². The molecule has 0 aromatic carbocycles. The smallest absolute Gasteiger partial charge is 0.315 e. The van der Waals surface area contributed by atoms with Crippen LogP contribution in [0, 0.1) is 5.92 Å². The predicted molar refractivity (Wildman–Crippen MR) is 235 cm³/mol. The number of esters is 1. The highest BCUT2D eigenvalue weighted by Gasteiger charge is 2.64. The van der Waals surface area contributed by atoms with E-state index in [0.29, 0.717) is 25.4 Å². The minimum atomic E-state index is -1.85. The lowest BCUT2D eigenvalue weighted by Gasteiger charge is -2.60. The van der Waals surface area contributed by atoms with Crippen molar-refractivity contribution in [3.63, 3.8) is 0 Å². The van der Waals surface area contributed by atoms with Crippen molar-refractivity contribution in [2.24, 2.45) is 17.4 Å². The van der Waals surface area contributed by atoms with Gasteiger partial charge in [0.15, 0.2) is 6.23 Å². The van der Waals surface area contributed by atoms with Gasteiger partial charge in [0.1, 0.15) is 35.9 Å². The molecule has 6 aliphatic heterocycles. The molecular weight excluding hydrogens is 777 g/mol. The van der Waals surface area contributed by atoms with E-state index in [4.69, 9.17) is 30.4 Å². The van der Waals surface area contributed by atoms with Crippen molar-refractivity contribution in [1.29, 1.82) is 0 Å². The zero-order chi connectivity index (χ0) is 43.5. The molecule has 0 bridgehead atoms. The minimum Gasteiger partial charge on any atom is -0.462 e. The first-order valence-corrected chi connectivity index (χ1v) is 24.9. The van der Waals surface area contributed by atoms with E-state index in [2.05, 4.69) is 48.5 Å². The van der Waals surface area contributed by atoms with Gasteiger partial charge in [-0.3, -0.25) is 25.1 Å². The van der Waals surface area contributed by atoms with Gasteiger partial charge < -0.3 is 45.5 Å². The number of morpholine rings is 1. The van der Waals surface area contributed by atoms with Gasteiger partial charge in [-0.05, 0) is 103 Å². The molecule has 12 atom stereocenters. The quantitative estimate of drug-likeness (QED) is 0.0390. The van der Waals surface area contributed by atoms with Crippen molar-refractivity contribution in [1.82, 2.24) is 20.4 Å². The van der Waals surface area contributed by atoms with Crippen LogP contribution in [0.25, 0.3) is 0 Å². The minimum absolute atomic E-state index is 0.0506. The van der Waals surface area contributed by atoms with Gasteiger partial charge in [-0.25, -0.2) is 0 Å². The molecular formula is C47H84N6O8. The van der Waals surface area contributed by atoms with E-state index in [1.807, 2.05) is 0 Å². The molecule has 6 fully saturated rings. The highest BCUT2D eigenvalue weighted by atomic mass is 16.7. The molecule has 6 saturated heterocycles. The number of hydrogen-bond acceptors (Lipinski definition) is 13. The van der Waals surface area contributed by atoms with Gasteiger partial charge in [0.2, 0.25) is 5.79 Å². The third-order valence-corrected chi connectivity index (χ3v) is 14.7. The Bertz CT molecular complexity index is 1410. The summed E-state index contributed by atoms with van der Waals surface area (Å²) in [5.41, 5.74) is 10.2. The van der Waals surface area contributed by atoms with Crippen LogP contribution in [0.4, 0.5) is 0 Å². The van der Waals surface area contributed by atoms with Crippen molar-refractivity contribution in [2.45, 2.75) is 248 Å². The van der Waals surface area contributed by atoms with Crippen LogP contribution in [-0.2, 0) is 28.5 Å². The number of unbranched alkanes of at least 4 members (excludes halogenated alkanes) is 10. The summed E-state index contributed by atoms with van der Waals surface area (Å²) in [5, 5.41) is 29.4.